The Bertz CT molecular complexity index is 1000. The van der Waals surface area contributed by atoms with E-state index in [-0.39, 0.29) is 10.6 Å². The Kier molecular flexibility index (Phi) is 5.98. The normalized spacial score (nSPS) is 11.8. The first-order valence-corrected chi connectivity index (χ1v) is 9.06. The lowest BCUT2D eigenvalue weighted by Gasteiger charge is -2.11. The number of nitrogens with one attached hydrogen (secondary N) is 1. The molecule has 27 heavy (non-hydrogen) atoms. The molecule has 0 spiro atoms. The molecule has 11 heteroatoms. The van der Waals surface area contributed by atoms with Crippen molar-refractivity contribution in [3.8, 4) is 11.5 Å². The lowest BCUT2D eigenvalue weighted by molar-refractivity contribution is -0.384. The van der Waals surface area contributed by atoms with Crippen molar-refractivity contribution >= 4 is 27.1 Å². The average molecular weight is 394 g/mol. The molecule has 0 aliphatic carbocycles. The summed E-state index contributed by atoms with van der Waals surface area (Å²) in [6.45, 7) is 1.68. The van der Waals surface area contributed by atoms with Crippen molar-refractivity contribution in [2.75, 3.05) is 19.6 Å². The molecule has 0 aromatic heterocycles. The molecule has 0 aliphatic rings. The highest BCUT2D eigenvalue weighted by molar-refractivity contribution is 7.89. The van der Waals surface area contributed by atoms with Crippen LogP contribution in [0.5, 0.6) is 11.5 Å². The Labute approximate surface area is 155 Å². The largest absolute Gasteiger partial charge is 0.497 e. The van der Waals surface area contributed by atoms with Crippen LogP contribution in [-0.4, -0.2) is 33.3 Å². The van der Waals surface area contributed by atoms with Crippen molar-refractivity contribution in [3.63, 3.8) is 0 Å². The van der Waals surface area contributed by atoms with Gasteiger partial charge in [-0.3, -0.25) is 15.5 Å². The van der Waals surface area contributed by atoms with Gasteiger partial charge in [0.05, 0.1) is 29.8 Å². The second kappa shape index (κ2) is 8.01. The molecular formula is C16H18N4O6S. The van der Waals surface area contributed by atoms with Gasteiger partial charge >= 0.3 is 0 Å². The molecule has 0 fully saturated rings. The van der Waals surface area contributed by atoms with Crippen LogP contribution in [0.1, 0.15) is 12.5 Å². The van der Waals surface area contributed by atoms with E-state index >= 15 is 0 Å². The van der Waals surface area contributed by atoms with Crippen molar-refractivity contribution in [2.24, 2.45) is 10.2 Å². The van der Waals surface area contributed by atoms with Crippen LogP contribution < -0.4 is 20.0 Å². The fourth-order valence-electron chi connectivity index (χ4n) is 2.24. The Hall–Kier alpha value is -3.18. The number of nitrogens with two attached hydrogens (primary N) is 1. The minimum atomic E-state index is -4.06. The zero-order valence-electron chi connectivity index (χ0n) is 14.8. The van der Waals surface area contributed by atoms with Crippen LogP contribution >= 0.6 is 0 Å². The highest BCUT2D eigenvalue weighted by Crippen LogP contribution is 2.28. The summed E-state index contributed by atoms with van der Waals surface area (Å²) in [6.07, 6.45) is 0. The first kappa shape index (κ1) is 20.1. The molecule has 2 aromatic rings. The highest BCUT2D eigenvalue weighted by Gasteiger charge is 2.19. The molecule has 0 saturated carbocycles. The highest BCUT2D eigenvalue weighted by atomic mass is 32.2. The maximum absolute atomic E-state index is 11.4. The summed E-state index contributed by atoms with van der Waals surface area (Å²) in [4.78, 5) is 10.1. The van der Waals surface area contributed by atoms with Crippen LogP contribution in [0.25, 0.3) is 0 Å². The van der Waals surface area contributed by atoms with E-state index in [4.69, 9.17) is 14.6 Å². The van der Waals surface area contributed by atoms with E-state index in [1.54, 1.807) is 25.1 Å². The molecule has 0 bridgehead atoms. The van der Waals surface area contributed by atoms with E-state index in [2.05, 4.69) is 10.5 Å². The third-order valence-corrected chi connectivity index (χ3v) is 4.55. The number of rotatable bonds is 7. The van der Waals surface area contributed by atoms with Crippen molar-refractivity contribution in [1.29, 1.82) is 0 Å². The Morgan fingerprint density at radius 1 is 1.19 bits per heavy atom. The maximum atomic E-state index is 11.4. The average Bonchev–Trinajstić information content (AvgIpc) is 2.64. The summed E-state index contributed by atoms with van der Waals surface area (Å²) in [7, 11) is -1.04. The number of ether oxygens (including phenoxy) is 2. The topological polar surface area (TPSA) is 146 Å². The van der Waals surface area contributed by atoms with Crippen molar-refractivity contribution in [2.45, 2.75) is 11.8 Å². The van der Waals surface area contributed by atoms with E-state index in [1.807, 2.05) is 0 Å². The van der Waals surface area contributed by atoms with Crippen molar-refractivity contribution < 1.29 is 22.8 Å². The zero-order valence-corrected chi connectivity index (χ0v) is 15.6. The van der Waals surface area contributed by atoms with E-state index in [9.17, 15) is 18.5 Å². The second-order valence-corrected chi connectivity index (χ2v) is 6.92. The van der Waals surface area contributed by atoms with E-state index in [0.717, 1.165) is 12.1 Å². The van der Waals surface area contributed by atoms with Gasteiger partial charge in [0.25, 0.3) is 5.69 Å². The molecule has 0 unspecified atom stereocenters. The van der Waals surface area contributed by atoms with Gasteiger partial charge < -0.3 is 9.47 Å². The van der Waals surface area contributed by atoms with E-state index < -0.39 is 20.6 Å². The number of benzene rings is 2. The monoisotopic (exact) mass is 394 g/mol. The SMILES string of the molecule is COc1ccc(C(C)=NNc2ccc(S(N)(=O)=O)cc2[N+](=O)[O-])c(OC)c1. The summed E-state index contributed by atoms with van der Waals surface area (Å²) in [5.41, 5.74) is 3.25. The smallest absolute Gasteiger partial charge is 0.295 e. The van der Waals surface area contributed by atoms with Crippen LogP contribution in [0.3, 0.4) is 0 Å². The van der Waals surface area contributed by atoms with Gasteiger partial charge in [-0.15, -0.1) is 0 Å². The molecule has 0 aliphatic heterocycles. The molecule has 0 atom stereocenters. The number of nitro groups is 1. The molecule has 3 N–H and O–H groups in total. The molecule has 2 aromatic carbocycles. The predicted molar refractivity (Wildman–Crippen MR) is 99.8 cm³/mol. The predicted octanol–water partition coefficient (Wildman–Crippen LogP) is 2.10. The fourth-order valence-corrected chi connectivity index (χ4v) is 2.77. The lowest BCUT2D eigenvalue weighted by Crippen LogP contribution is -2.12. The van der Waals surface area contributed by atoms with Gasteiger partial charge in [0, 0.05) is 17.7 Å². The van der Waals surface area contributed by atoms with Crippen LogP contribution in [0, 0.1) is 10.1 Å². The minimum Gasteiger partial charge on any atom is -0.497 e. The van der Waals surface area contributed by atoms with E-state index in [0.29, 0.717) is 22.8 Å². The summed E-state index contributed by atoms with van der Waals surface area (Å²) in [6, 6.07) is 8.38. The quantitative estimate of drug-likeness (QED) is 0.415. The van der Waals surface area contributed by atoms with Gasteiger partial charge in [0.2, 0.25) is 10.0 Å². The van der Waals surface area contributed by atoms with Gasteiger partial charge in [0.1, 0.15) is 17.2 Å². The summed E-state index contributed by atoms with van der Waals surface area (Å²) >= 11 is 0. The van der Waals surface area contributed by atoms with Gasteiger partial charge in [-0.25, -0.2) is 13.6 Å². The second-order valence-electron chi connectivity index (χ2n) is 5.36. The molecule has 0 amide bonds. The minimum absolute atomic E-state index is 0.0132. The number of nitrogens with zero attached hydrogens (tertiary/aromatic N) is 2. The van der Waals surface area contributed by atoms with Crippen molar-refractivity contribution in [3.05, 3.63) is 52.1 Å². The summed E-state index contributed by atoms with van der Waals surface area (Å²) < 4.78 is 33.2. The molecule has 0 radical (unpaired) electrons. The van der Waals surface area contributed by atoms with Gasteiger partial charge in [0.15, 0.2) is 0 Å². The summed E-state index contributed by atoms with van der Waals surface area (Å²) in [5, 5.41) is 20.4. The number of hydrazone groups is 1. The number of sulfonamides is 1. The molecule has 2 rings (SSSR count). The standard InChI is InChI=1S/C16H18N4O6S/c1-10(13-6-4-11(25-2)8-16(13)26-3)18-19-14-7-5-12(27(17,23)24)9-15(14)20(21)22/h4-9,19H,1-3H3,(H2,17,23,24). The third kappa shape index (κ3) is 4.71. The molecule has 10 nitrogen and oxygen atoms in total. The molecule has 0 heterocycles. The molecule has 0 saturated heterocycles. The number of hydrogen-bond donors (Lipinski definition) is 2. The van der Waals surface area contributed by atoms with Crippen LogP contribution in [-0.2, 0) is 10.0 Å². The Morgan fingerprint density at radius 2 is 1.89 bits per heavy atom. The number of methoxy groups -OCH3 is 2. The van der Waals surface area contributed by atoms with Crippen LogP contribution in [0.15, 0.2) is 46.4 Å². The Balaban J connectivity index is 2.38. The van der Waals surface area contributed by atoms with Crippen molar-refractivity contribution in [1.82, 2.24) is 0 Å². The first-order chi connectivity index (χ1) is 12.7. The van der Waals surface area contributed by atoms with E-state index in [1.165, 1.54) is 20.3 Å². The zero-order chi connectivity index (χ0) is 20.2. The van der Waals surface area contributed by atoms with Gasteiger partial charge in [-0.05, 0) is 31.2 Å². The van der Waals surface area contributed by atoms with Gasteiger partial charge in [-0.1, -0.05) is 0 Å². The molecule has 144 valence electrons. The number of hydrogen-bond acceptors (Lipinski definition) is 8. The lowest BCUT2D eigenvalue weighted by atomic mass is 10.1. The maximum Gasteiger partial charge on any atom is 0.295 e. The number of anilines is 1. The first-order valence-electron chi connectivity index (χ1n) is 7.51. The third-order valence-electron chi connectivity index (χ3n) is 3.64. The number of primary sulfonamides is 1. The molecular weight excluding hydrogens is 376 g/mol. The number of nitro benzene ring substituents is 1. The summed E-state index contributed by atoms with van der Waals surface area (Å²) in [5.74, 6) is 1.11. The van der Waals surface area contributed by atoms with Gasteiger partial charge in [-0.2, -0.15) is 5.10 Å². The van der Waals surface area contributed by atoms with Crippen LogP contribution in [0.2, 0.25) is 0 Å². The Morgan fingerprint density at radius 3 is 2.44 bits per heavy atom. The fraction of sp³-hybridized carbons (Fsp3) is 0.188. The van der Waals surface area contributed by atoms with Crippen LogP contribution in [0.4, 0.5) is 11.4 Å².